The molecule has 1 aromatic carbocycles. The van der Waals surface area contributed by atoms with Crippen molar-refractivity contribution in [2.75, 3.05) is 5.32 Å². The maximum absolute atomic E-state index is 12.1. The maximum atomic E-state index is 12.1. The summed E-state index contributed by atoms with van der Waals surface area (Å²) >= 11 is 3.29. The zero-order valence-electron chi connectivity index (χ0n) is 13.6. The number of anilines is 1. The Bertz CT molecular complexity index is 944. The van der Waals surface area contributed by atoms with Gasteiger partial charge in [0.15, 0.2) is 0 Å². The number of pyridine rings is 1. The van der Waals surface area contributed by atoms with Crippen LogP contribution in [0.25, 0.3) is 0 Å². The number of benzene rings is 1. The van der Waals surface area contributed by atoms with Crippen LogP contribution < -0.4 is 10.9 Å². The van der Waals surface area contributed by atoms with Crippen LogP contribution in [-0.2, 0) is 17.9 Å². The molecule has 2 heterocycles. The average molecular weight is 401 g/mol. The molecule has 1 N–H and O–H groups in total. The molecule has 1 amide bonds. The lowest BCUT2D eigenvalue weighted by Crippen LogP contribution is -2.26. The van der Waals surface area contributed by atoms with Crippen molar-refractivity contribution < 1.29 is 4.79 Å². The summed E-state index contributed by atoms with van der Waals surface area (Å²) in [7, 11) is 0. The van der Waals surface area contributed by atoms with Gasteiger partial charge in [0.1, 0.15) is 12.4 Å². The Balaban J connectivity index is 1.63. The van der Waals surface area contributed by atoms with Gasteiger partial charge < -0.3 is 14.5 Å². The molecule has 25 heavy (non-hydrogen) atoms. The molecule has 0 saturated carbocycles. The smallest absolute Gasteiger partial charge is 0.251 e. The van der Waals surface area contributed by atoms with Crippen LogP contribution in [0, 0.1) is 6.92 Å². The molecule has 0 unspecified atom stereocenters. The molecule has 0 radical (unpaired) electrons. The first-order valence-electron chi connectivity index (χ1n) is 7.74. The summed E-state index contributed by atoms with van der Waals surface area (Å²) in [5, 5.41) is 2.80. The van der Waals surface area contributed by atoms with Crippen molar-refractivity contribution in [2.45, 2.75) is 20.0 Å². The lowest BCUT2D eigenvalue weighted by molar-refractivity contribution is -0.116. The van der Waals surface area contributed by atoms with E-state index >= 15 is 0 Å². The lowest BCUT2D eigenvalue weighted by Gasteiger charge is -2.09. The molecule has 0 aliphatic heterocycles. The maximum Gasteiger partial charge on any atom is 0.251 e. The fourth-order valence-electron chi connectivity index (χ4n) is 2.44. The second-order valence-corrected chi connectivity index (χ2v) is 6.58. The van der Waals surface area contributed by atoms with Crippen molar-refractivity contribution in [3.05, 3.63) is 81.2 Å². The highest BCUT2D eigenvalue weighted by Gasteiger charge is 2.06. The zero-order valence-corrected chi connectivity index (χ0v) is 15.2. The van der Waals surface area contributed by atoms with E-state index in [-0.39, 0.29) is 18.0 Å². The van der Waals surface area contributed by atoms with E-state index in [4.69, 9.17) is 0 Å². The van der Waals surface area contributed by atoms with Crippen LogP contribution in [0.1, 0.15) is 11.4 Å². The topological polar surface area (TPSA) is 68.9 Å². The number of halogens is 1. The number of amides is 1. The molecule has 0 bridgehead atoms. The SMILES string of the molecule is Cc1nccn1Cc1ccc(NC(=O)Cn2cc(Br)ccc2=O)cc1. The third-order valence-electron chi connectivity index (χ3n) is 3.78. The largest absolute Gasteiger partial charge is 0.331 e. The van der Waals surface area contributed by atoms with Crippen molar-refractivity contribution >= 4 is 27.5 Å². The summed E-state index contributed by atoms with van der Waals surface area (Å²) in [4.78, 5) is 28.1. The molecule has 128 valence electrons. The molecule has 0 aliphatic carbocycles. The van der Waals surface area contributed by atoms with Crippen molar-refractivity contribution in [2.24, 2.45) is 0 Å². The Morgan fingerprint density at radius 2 is 1.92 bits per heavy atom. The minimum atomic E-state index is -0.251. The first-order valence-corrected chi connectivity index (χ1v) is 8.53. The summed E-state index contributed by atoms with van der Waals surface area (Å²) in [6.45, 7) is 2.65. The standard InChI is InChI=1S/C18H17BrN4O2/c1-13-20-8-9-22(13)10-14-2-5-16(6-3-14)21-17(24)12-23-11-15(19)4-7-18(23)25/h2-9,11H,10,12H2,1H3,(H,21,24). The quantitative estimate of drug-likeness (QED) is 0.715. The van der Waals surface area contributed by atoms with Crippen molar-refractivity contribution in [1.29, 1.82) is 0 Å². The van der Waals surface area contributed by atoms with Gasteiger partial charge in [0.05, 0.1) is 0 Å². The van der Waals surface area contributed by atoms with Gasteiger partial charge in [0, 0.05) is 41.4 Å². The van der Waals surface area contributed by atoms with Crippen LogP contribution in [0.3, 0.4) is 0 Å². The number of rotatable bonds is 5. The predicted octanol–water partition coefficient (Wildman–Crippen LogP) is 2.80. The second-order valence-electron chi connectivity index (χ2n) is 5.66. The van der Waals surface area contributed by atoms with Crippen LogP contribution in [0.15, 0.2) is 64.3 Å². The van der Waals surface area contributed by atoms with E-state index in [0.29, 0.717) is 5.69 Å². The Hall–Kier alpha value is -2.67. The van der Waals surface area contributed by atoms with Crippen LogP contribution >= 0.6 is 15.9 Å². The molecular weight excluding hydrogens is 384 g/mol. The Kier molecular flexibility index (Phi) is 5.14. The minimum absolute atomic E-state index is 0.0335. The highest BCUT2D eigenvalue weighted by atomic mass is 79.9. The molecule has 7 heteroatoms. The molecule has 6 nitrogen and oxygen atoms in total. The normalized spacial score (nSPS) is 10.6. The average Bonchev–Trinajstić information content (AvgIpc) is 2.98. The van der Waals surface area contributed by atoms with Crippen molar-refractivity contribution in [1.82, 2.24) is 14.1 Å². The van der Waals surface area contributed by atoms with Gasteiger partial charge in [-0.2, -0.15) is 0 Å². The molecule has 0 aliphatic rings. The molecule has 0 atom stereocenters. The molecule has 2 aromatic heterocycles. The van der Waals surface area contributed by atoms with Gasteiger partial charge in [-0.15, -0.1) is 0 Å². The van der Waals surface area contributed by atoms with E-state index in [1.165, 1.54) is 10.6 Å². The Morgan fingerprint density at radius 1 is 1.16 bits per heavy atom. The number of carbonyl (C=O) groups is 1. The van der Waals surface area contributed by atoms with E-state index < -0.39 is 0 Å². The van der Waals surface area contributed by atoms with Gasteiger partial charge in [-0.1, -0.05) is 12.1 Å². The van der Waals surface area contributed by atoms with Crippen LogP contribution in [0.2, 0.25) is 0 Å². The number of hydrogen-bond acceptors (Lipinski definition) is 3. The summed E-state index contributed by atoms with van der Waals surface area (Å²) < 4.78 is 4.15. The van der Waals surface area contributed by atoms with E-state index in [2.05, 4.69) is 26.2 Å². The van der Waals surface area contributed by atoms with Gasteiger partial charge in [0.25, 0.3) is 5.56 Å². The molecule has 0 spiro atoms. The first kappa shape index (κ1) is 17.2. The lowest BCUT2D eigenvalue weighted by atomic mass is 10.2. The molecule has 3 rings (SSSR count). The van der Waals surface area contributed by atoms with Crippen LogP contribution in [0.5, 0.6) is 0 Å². The van der Waals surface area contributed by atoms with Crippen LogP contribution in [0.4, 0.5) is 5.69 Å². The number of aromatic nitrogens is 3. The Labute approximate surface area is 153 Å². The van der Waals surface area contributed by atoms with Gasteiger partial charge in [-0.25, -0.2) is 4.98 Å². The summed E-state index contributed by atoms with van der Waals surface area (Å²) in [6, 6.07) is 10.7. The number of aryl methyl sites for hydroxylation is 1. The summed E-state index contributed by atoms with van der Waals surface area (Å²) in [6.07, 6.45) is 5.30. The van der Waals surface area contributed by atoms with E-state index in [1.54, 1.807) is 18.5 Å². The fourth-order valence-corrected chi connectivity index (χ4v) is 2.82. The van der Waals surface area contributed by atoms with Crippen molar-refractivity contribution in [3.8, 4) is 0 Å². The predicted molar refractivity (Wildman–Crippen MR) is 99.5 cm³/mol. The van der Waals surface area contributed by atoms with E-state index in [0.717, 1.165) is 22.4 Å². The van der Waals surface area contributed by atoms with Crippen LogP contribution in [-0.4, -0.2) is 20.0 Å². The third kappa shape index (κ3) is 4.45. The summed E-state index contributed by atoms with van der Waals surface area (Å²) in [5.74, 6) is 0.704. The molecule has 0 saturated heterocycles. The highest BCUT2D eigenvalue weighted by molar-refractivity contribution is 9.10. The van der Waals surface area contributed by atoms with Gasteiger partial charge in [-0.05, 0) is 46.6 Å². The first-order chi connectivity index (χ1) is 12.0. The Morgan fingerprint density at radius 3 is 2.60 bits per heavy atom. The zero-order chi connectivity index (χ0) is 17.8. The summed E-state index contributed by atoms with van der Waals surface area (Å²) in [5.41, 5.74) is 1.59. The number of nitrogens with zero attached hydrogens (tertiary/aromatic N) is 3. The molecular formula is C18H17BrN4O2. The highest BCUT2D eigenvalue weighted by Crippen LogP contribution is 2.12. The molecule has 3 aromatic rings. The number of nitrogens with one attached hydrogen (secondary N) is 1. The van der Waals surface area contributed by atoms with Gasteiger partial charge in [-0.3, -0.25) is 9.59 Å². The van der Waals surface area contributed by atoms with Crippen molar-refractivity contribution in [3.63, 3.8) is 0 Å². The van der Waals surface area contributed by atoms with E-state index in [9.17, 15) is 9.59 Å². The number of hydrogen-bond donors (Lipinski definition) is 1. The van der Waals surface area contributed by atoms with Gasteiger partial charge >= 0.3 is 0 Å². The van der Waals surface area contributed by atoms with E-state index in [1.807, 2.05) is 42.0 Å². The monoisotopic (exact) mass is 400 g/mol. The third-order valence-corrected chi connectivity index (χ3v) is 4.24. The van der Waals surface area contributed by atoms with Gasteiger partial charge in [0.2, 0.25) is 5.91 Å². The number of carbonyl (C=O) groups excluding carboxylic acids is 1. The minimum Gasteiger partial charge on any atom is -0.331 e. The fraction of sp³-hybridized carbons (Fsp3) is 0.167. The second kappa shape index (κ2) is 7.48. The number of imidazole rings is 1. The molecule has 0 fully saturated rings.